The normalized spacial score (nSPS) is 24.8. The van der Waals surface area contributed by atoms with Crippen LogP contribution in [0.3, 0.4) is 0 Å². The molecule has 2 heterocycles. The summed E-state index contributed by atoms with van der Waals surface area (Å²) in [5.74, 6) is -6.62. The first-order chi connectivity index (χ1) is 15.7. The SMILES string of the molecule is C[C@@H]1[C@H](c2ccc(F)cc2OC(F)F)[C@H](C(=O)Nc2ccnc(C(N)=O)c2)O[C@]1(C)C(F)(F)F. The molecule has 3 N–H and O–H groups in total. The first kappa shape index (κ1) is 25.3. The van der Waals surface area contributed by atoms with E-state index in [0.29, 0.717) is 6.07 Å². The van der Waals surface area contributed by atoms with Gasteiger partial charge in [0.15, 0.2) is 5.60 Å². The van der Waals surface area contributed by atoms with Gasteiger partial charge in [-0.25, -0.2) is 4.39 Å². The van der Waals surface area contributed by atoms with E-state index in [4.69, 9.17) is 10.5 Å². The van der Waals surface area contributed by atoms with E-state index in [1.807, 2.05) is 0 Å². The number of rotatable bonds is 6. The molecule has 1 saturated heterocycles. The molecule has 13 heteroatoms. The molecule has 7 nitrogen and oxygen atoms in total. The van der Waals surface area contributed by atoms with Crippen LogP contribution in [0, 0.1) is 11.7 Å². The number of hydrogen-bond acceptors (Lipinski definition) is 5. The molecule has 2 amide bonds. The van der Waals surface area contributed by atoms with Crippen LogP contribution >= 0.6 is 0 Å². The van der Waals surface area contributed by atoms with Gasteiger partial charge < -0.3 is 20.5 Å². The maximum atomic E-state index is 13.9. The highest BCUT2D eigenvalue weighted by Gasteiger charge is 2.65. The average Bonchev–Trinajstić information content (AvgIpc) is 3.00. The van der Waals surface area contributed by atoms with Gasteiger partial charge in [0.25, 0.3) is 11.8 Å². The van der Waals surface area contributed by atoms with Crippen LogP contribution in [0.5, 0.6) is 5.75 Å². The first-order valence-corrected chi connectivity index (χ1v) is 9.80. The molecule has 1 aromatic heterocycles. The number of anilines is 1. The number of alkyl halides is 5. The Hall–Kier alpha value is -3.35. The summed E-state index contributed by atoms with van der Waals surface area (Å²) in [7, 11) is 0. The monoisotopic (exact) mass is 491 g/mol. The summed E-state index contributed by atoms with van der Waals surface area (Å²) < 4.78 is 90.9. The Morgan fingerprint density at radius 3 is 2.50 bits per heavy atom. The number of primary amides is 1. The highest BCUT2D eigenvalue weighted by atomic mass is 19.4. The summed E-state index contributed by atoms with van der Waals surface area (Å²) in [4.78, 5) is 28.0. The number of ether oxygens (including phenoxy) is 2. The van der Waals surface area contributed by atoms with Crippen LogP contribution < -0.4 is 15.8 Å². The van der Waals surface area contributed by atoms with Crippen LogP contribution in [0.15, 0.2) is 36.5 Å². The summed E-state index contributed by atoms with van der Waals surface area (Å²) in [5, 5.41) is 2.32. The Bertz CT molecular complexity index is 1100. The summed E-state index contributed by atoms with van der Waals surface area (Å²) in [6, 6.07) is 4.76. The quantitative estimate of drug-likeness (QED) is 0.595. The Balaban J connectivity index is 2.06. The van der Waals surface area contributed by atoms with Gasteiger partial charge in [0.05, 0.1) is 0 Å². The van der Waals surface area contributed by atoms with Crippen molar-refractivity contribution in [2.24, 2.45) is 11.7 Å². The number of benzene rings is 1. The van der Waals surface area contributed by atoms with Gasteiger partial charge in [0.2, 0.25) is 0 Å². The lowest BCUT2D eigenvalue weighted by atomic mass is 9.77. The van der Waals surface area contributed by atoms with Gasteiger partial charge in [-0.15, -0.1) is 0 Å². The fourth-order valence-corrected chi connectivity index (χ4v) is 3.86. The fraction of sp³-hybridized carbons (Fsp3) is 0.381. The maximum absolute atomic E-state index is 13.9. The number of nitrogens with zero attached hydrogens (tertiary/aromatic N) is 1. The van der Waals surface area contributed by atoms with E-state index in [1.165, 1.54) is 6.07 Å². The van der Waals surface area contributed by atoms with Crippen LogP contribution in [0.4, 0.5) is 32.0 Å². The van der Waals surface area contributed by atoms with Crippen LogP contribution in [-0.4, -0.2) is 41.3 Å². The van der Waals surface area contributed by atoms with E-state index in [1.54, 1.807) is 0 Å². The lowest BCUT2D eigenvalue weighted by molar-refractivity contribution is -0.272. The van der Waals surface area contributed by atoms with Crippen molar-refractivity contribution < 1.29 is 45.4 Å². The van der Waals surface area contributed by atoms with Crippen molar-refractivity contribution in [1.29, 1.82) is 0 Å². The Labute approximate surface area is 189 Å². The number of nitrogens with one attached hydrogen (secondary N) is 1. The van der Waals surface area contributed by atoms with Crippen LogP contribution in [-0.2, 0) is 9.53 Å². The molecular weight excluding hydrogens is 472 g/mol. The smallest absolute Gasteiger partial charge is 0.417 e. The Morgan fingerprint density at radius 2 is 1.91 bits per heavy atom. The number of amides is 2. The second kappa shape index (κ2) is 9.12. The van der Waals surface area contributed by atoms with Gasteiger partial charge in [-0.3, -0.25) is 14.6 Å². The summed E-state index contributed by atoms with van der Waals surface area (Å²) in [6.45, 7) is -1.53. The molecule has 3 rings (SSSR count). The van der Waals surface area contributed by atoms with Crippen molar-refractivity contribution in [3.63, 3.8) is 0 Å². The lowest BCUT2D eigenvalue weighted by Crippen LogP contribution is -2.47. The second-order valence-electron chi connectivity index (χ2n) is 7.80. The minimum absolute atomic E-state index is 0.0208. The van der Waals surface area contributed by atoms with Crippen molar-refractivity contribution in [2.45, 2.75) is 44.3 Å². The third kappa shape index (κ3) is 4.79. The summed E-state index contributed by atoms with van der Waals surface area (Å²) in [6.07, 6.45) is -5.66. The predicted octanol–water partition coefficient (Wildman–Crippen LogP) is 4.00. The average molecular weight is 491 g/mol. The lowest BCUT2D eigenvalue weighted by Gasteiger charge is -2.32. The zero-order valence-corrected chi connectivity index (χ0v) is 17.7. The topological polar surface area (TPSA) is 104 Å². The first-order valence-electron chi connectivity index (χ1n) is 9.80. The standard InChI is InChI=1S/C21H19F6N3O4/c1-9-15(12-4-3-10(22)7-14(12)33-19(23)24)16(34-20(9,2)21(25,26)27)18(32)30-11-5-6-29-13(8-11)17(28)31/h3-9,15-16,19H,1-2H3,(H2,28,31)(H,29,30,32)/t9-,15-,16-,20+/m1/s1. The number of carbonyl (C=O) groups excluding carboxylic acids is 2. The number of aromatic nitrogens is 1. The molecule has 1 fully saturated rings. The van der Waals surface area contributed by atoms with Gasteiger partial charge in [0, 0.05) is 35.3 Å². The molecule has 2 aromatic rings. The molecule has 4 atom stereocenters. The number of hydrogen-bond donors (Lipinski definition) is 2. The van der Waals surface area contributed by atoms with Gasteiger partial charge in [0.1, 0.15) is 23.4 Å². The highest BCUT2D eigenvalue weighted by molar-refractivity contribution is 5.97. The molecule has 0 bridgehead atoms. The van der Waals surface area contributed by atoms with E-state index in [-0.39, 0.29) is 16.9 Å². The summed E-state index contributed by atoms with van der Waals surface area (Å²) in [5.41, 5.74) is 1.77. The van der Waals surface area contributed by atoms with E-state index in [9.17, 15) is 35.9 Å². The van der Waals surface area contributed by atoms with Crippen molar-refractivity contribution >= 4 is 17.5 Å². The fourth-order valence-electron chi connectivity index (χ4n) is 3.86. The molecule has 0 radical (unpaired) electrons. The molecule has 0 saturated carbocycles. The second-order valence-corrected chi connectivity index (χ2v) is 7.80. The third-order valence-corrected chi connectivity index (χ3v) is 5.76. The zero-order chi connectivity index (χ0) is 25.4. The molecule has 184 valence electrons. The number of halogens is 6. The third-order valence-electron chi connectivity index (χ3n) is 5.76. The van der Waals surface area contributed by atoms with Gasteiger partial charge in [-0.05, 0) is 25.1 Å². The summed E-state index contributed by atoms with van der Waals surface area (Å²) >= 11 is 0. The number of pyridine rings is 1. The van der Waals surface area contributed by atoms with Gasteiger partial charge in [-0.1, -0.05) is 13.0 Å². The molecule has 0 unspecified atom stereocenters. The number of nitrogens with two attached hydrogens (primary N) is 1. The Kier molecular flexibility index (Phi) is 6.78. The van der Waals surface area contributed by atoms with Crippen molar-refractivity contribution in [2.75, 3.05) is 5.32 Å². The molecule has 0 aliphatic carbocycles. The van der Waals surface area contributed by atoms with Crippen LogP contribution in [0.25, 0.3) is 0 Å². The van der Waals surface area contributed by atoms with Gasteiger partial charge >= 0.3 is 12.8 Å². The van der Waals surface area contributed by atoms with Crippen molar-refractivity contribution in [3.8, 4) is 5.75 Å². The molecule has 1 aromatic carbocycles. The van der Waals surface area contributed by atoms with E-state index >= 15 is 0 Å². The predicted molar refractivity (Wildman–Crippen MR) is 106 cm³/mol. The van der Waals surface area contributed by atoms with Crippen LogP contribution in [0.1, 0.15) is 35.8 Å². The highest BCUT2D eigenvalue weighted by Crippen LogP contribution is 2.54. The Morgan fingerprint density at radius 1 is 1.24 bits per heavy atom. The van der Waals surface area contributed by atoms with E-state index in [0.717, 1.165) is 38.2 Å². The zero-order valence-electron chi connectivity index (χ0n) is 17.7. The maximum Gasteiger partial charge on any atom is 0.417 e. The van der Waals surface area contributed by atoms with E-state index in [2.05, 4.69) is 15.0 Å². The minimum atomic E-state index is -4.95. The molecule has 1 aliphatic heterocycles. The van der Waals surface area contributed by atoms with Crippen molar-refractivity contribution in [3.05, 3.63) is 53.6 Å². The van der Waals surface area contributed by atoms with E-state index < -0.39 is 59.7 Å². The molecule has 34 heavy (non-hydrogen) atoms. The molecule has 0 spiro atoms. The minimum Gasteiger partial charge on any atom is -0.434 e. The van der Waals surface area contributed by atoms with Crippen LogP contribution in [0.2, 0.25) is 0 Å². The molecular formula is C21H19F6N3O4. The van der Waals surface area contributed by atoms with Crippen molar-refractivity contribution in [1.82, 2.24) is 4.98 Å². The number of carbonyl (C=O) groups is 2. The molecule has 1 aliphatic rings. The largest absolute Gasteiger partial charge is 0.434 e. The van der Waals surface area contributed by atoms with Gasteiger partial charge in [-0.2, -0.15) is 22.0 Å².